The van der Waals surface area contributed by atoms with Gasteiger partial charge in [0, 0.05) is 0 Å². The zero-order chi connectivity index (χ0) is 15.5. The van der Waals surface area contributed by atoms with E-state index in [9.17, 15) is 23.3 Å². The van der Waals surface area contributed by atoms with Crippen molar-refractivity contribution in [1.82, 2.24) is 4.98 Å². The first-order valence-electron chi connectivity index (χ1n) is 5.76. The summed E-state index contributed by atoms with van der Waals surface area (Å²) >= 11 is 0. The van der Waals surface area contributed by atoms with Crippen LogP contribution in [0, 0.1) is 10.1 Å². The first-order valence-corrected chi connectivity index (χ1v) is 5.76. The number of nitro groups is 1. The topological polar surface area (TPSA) is 65.3 Å². The number of hydrogen-bond acceptors (Lipinski definition) is 4. The quantitative estimate of drug-likeness (QED) is 0.639. The van der Waals surface area contributed by atoms with Crippen molar-refractivity contribution in [2.24, 2.45) is 0 Å². The van der Waals surface area contributed by atoms with Crippen molar-refractivity contribution in [1.29, 1.82) is 0 Å². The molecule has 0 fully saturated rings. The Labute approximate surface area is 117 Å². The highest BCUT2D eigenvalue weighted by molar-refractivity contribution is 5.38. The maximum absolute atomic E-state index is 12.4. The van der Waals surface area contributed by atoms with Crippen molar-refractivity contribution in [2.45, 2.75) is 12.8 Å². The van der Waals surface area contributed by atoms with Gasteiger partial charge in [0.15, 0.2) is 0 Å². The number of nitrogens with zero attached hydrogens (tertiary/aromatic N) is 2. The van der Waals surface area contributed by atoms with Gasteiger partial charge in [-0.1, -0.05) is 12.1 Å². The highest BCUT2D eigenvalue weighted by Gasteiger charge is 2.29. The number of pyridine rings is 1. The van der Waals surface area contributed by atoms with E-state index in [0.717, 1.165) is 12.1 Å². The fourth-order valence-corrected chi connectivity index (χ4v) is 1.58. The molecule has 2 rings (SSSR count). The van der Waals surface area contributed by atoms with Gasteiger partial charge in [-0.3, -0.25) is 0 Å². The average molecular weight is 298 g/mol. The number of alkyl halides is 3. The van der Waals surface area contributed by atoms with Gasteiger partial charge < -0.3 is 14.9 Å². The van der Waals surface area contributed by atoms with Gasteiger partial charge in [-0.05, 0) is 39.7 Å². The molecule has 0 aliphatic carbocycles. The number of aromatic nitrogens is 1. The van der Waals surface area contributed by atoms with E-state index in [4.69, 9.17) is 4.74 Å². The van der Waals surface area contributed by atoms with Crippen molar-refractivity contribution < 1.29 is 22.8 Å². The molecule has 21 heavy (non-hydrogen) atoms. The van der Waals surface area contributed by atoms with Gasteiger partial charge in [0.05, 0.1) is 5.56 Å². The van der Waals surface area contributed by atoms with E-state index in [2.05, 4.69) is 4.98 Å². The van der Waals surface area contributed by atoms with Crippen molar-refractivity contribution in [2.75, 3.05) is 0 Å². The molecule has 0 aliphatic heterocycles. The summed E-state index contributed by atoms with van der Waals surface area (Å²) in [5, 5.41) is 10.7. The molecule has 8 heteroatoms. The Bertz CT molecular complexity index is 642. The molecule has 1 aromatic heterocycles. The van der Waals surface area contributed by atoms with E-state index >= 15 is 0 Å². The second-order valence-electron chi connectivity index (χ2n) is 4.07. The standard InChI is InChI=1S/C13H9F3N2O3/c14-13(15,16)10-5-3-9(4-6-10)8-21-11-2-1-7-17-12(11)18(19)20/h1-7H,8H2. The van der Waals surface area contributed by atoms with Crippen LogP contribution in [0.1, 0.15) is 11.1 Å². The van der Waals surface area contributed by atoms with Crippen LogP contribution in [0.2, 0.25) is 0 Å². The maximum atomic E-state index is 12.4. The van der Waals surface area contributed by atoms with Crippen LogP contribution in [0.3, 0.4) is 0 Å². The Morgan fingerprint density at radius 1 is 1.19 bits per heavy atom. The van der Waals surface area contributed by atoms with Gasteiger partial charge in [0.1, 0.15) is 12.8 Å². The van der Waals surface area contributed by atoms with Crippen molar-refractivity contribution >= 4 is 5.82 Å². The SMILES string of the molecule is O=[N+]([O-])c1ncccc1OCc1ccc(C(F)(F)F)cc1. The fourth-order valence-electron chi connectivity index (χ4n) is 1.58. The Hall–Kier alpha value is -2.64. The number of ether oxygens (including phenoxy) is 1. The van der Waals surface area contributed by atoms with Gasteiger partial charge in [0.2, 0.25) is 5.75 Å². The highest BCUT2D eigenvalue weighted by atomic mass is 19.4. The third kappa shape index (κ3) is 3.68. The monoisotopic (exact) mass is 298 g/mol. The third-order valence-corrected chi connectivity index (χ3v) is 2.60. The normalized spacial score (nSPS) is 11.2. The Kier molecular flexibility index (Phi) is 4.06. The van der Waals surface area contributed by atoms with Crippen LogP contribution in [0.4, 0.5) is 19.0 Å². The molecule has 0 N–H and O–H groups in total. The molecule has 110 valence electrons. The summed E-state index contributed by atoms with van der Waals surface area (Å²) in [4.78, 5) is 13.6. The molecule has 1 heterocycles. The number of hydrogen-bond donors (Lipinski definition) is 0. The lowest BCUT2D eigenvalue weighted by atomic mass is 10.1. The van der Waals surface area contributed by atoms with Gasteiger partial charge in [0.25, 0.3) is 0 Å². The molecule has 5 nitrogen and oxygen atoms in total. The minimum absolute atomic E-state index is 0.0394. The number of benzene rings is 1. The molecule has 0 saturated carbocycles. The van der Waals surface area contributed by atoms with Crippen molar-refractivity contribution in [3.05, 3.63) is 63.8 Å². The molecule has 0 unspecified atom stereocenters. The molecule has 0 atom stereocenters. The van der Waals surface area contributed by atoms with Gasteiger partial charge in [-0.15, -0.1) is 0 Å². The minimum Gasteiger partial charge on any atom is -0.481 e. The second kappa shape index (κ2) is 5.78. The van der Waals surface area contributed by atoms with Crippen LogP contribution in [0.5, 0.6) is 5.75 Å². The van der Waals surface area contributed by atoms with Crippen LogP contribution in [0.15, 0.2) is 42.6 Å². The molecule has 0 aliphatic rings. The second-order valence-corrected chi connectivity index (χ2v) is 4.07. The molecule has 0 spiro atoms. The highest BCUT2D eigenvalue weighted by Crippen LogP contribution is 2.29. The summed E-state index contributed by atoms with van der Waals surface area (Å²) in [5.41, 5.74) is -0.306. The van der Waals surface area contributed by atoms with E-state index < -0.39 is 22.5 Å². The summed E-state index contributed by atoms with van der Waals surface area (Å²) in [7, 11) is 0. The molecule has 2 aromatic rings. The summed E-state index contributed by atoms with van der Waals surface area (Å²) in [6.07, 6.45) is -3.15. The molecule has 0 saturated heterocycles. The summed E-state index contributed by atoms with van der Waals surface area (Å²) in [5.74, 6) is -0.480. The van der Waals surface area contributed by atoms with E-state index in [1.54, 1.807) is 0 Å². The van der Waals surface area contributed by atoms with Crippen LogP contribution in [-0.4, -0.2) is 9.91 Å². The van der Waals surface area contributed by atoms with E-state index in [1.807, 2.05) is 0 Å². The lowest BCUT2D eigenvalue weighted by Gasteiger charge is -2.09. The number of halogens is 3. The zero-order valence-electron chi connectivity index (χ0n) is 10.5. The molecular formula is C13H9F3N2O3. The van der Waals surface area contributed by atoms with E-state index in [-0.39, 0.29) is 12.4 Å². The predicted molar refractivity (Wildman–Crippen MR) is 66.7 cm³/mol. The maximum Gasteiger partial charge on any atom is 0.416 e. The zero-order valence-corrected chi connectivity index (χ0v) is 10.5. The Morgan fingerprint density at radius 3 is 2.43 bits per heavy atom. The lowest BCUT2D eigenvalue weighted by Crippen LogP contribution is -2.05. The first kappa shape index (κ1) is 14.8. The summed E-state index contributed by atoms with van der Waals surface area (Å²) in [6, 6.07) is 7.20. The lowest BCUT2D eigenvalue weighted by molar-refractivity contribution is -0.390. The molecule has 0 bridgehead atoms. The smallest absolute Gasteiger partial charge is 0.416 e. The van der Waals surface area contributed by atoms with E-state index in [0.29, 0.717) is 5.56 Å². The van der Waals surface area contributed by atoms with Crippen molar-refractivity contribution in [3.63, 3.8) is 0 Å². The Morgan fingerprint density at radius 2 is 1.86 bits per heavy atom. The summed E-state index contributed by atoms with van der Waals surface area (Å²) < 4.78 is 42.4. The third-order valence-electron chi connectivity index (χ3n) is 2.60. The van der Waals surface area contributed by atoms with Crippen LogP contribution in [-0.2, 0) is 12.8 Å². The van der Waals surface area contributed by atoms with Crippen LogP contribution in [0.25, 0.3) is 0 Å². The fraction of sp³-hybridized carbons (Fsp3) is 0.154. The summed E-state index contributed by atoms with van der Waals surface area (Å²) in [6.45, 7) is -0.0926. The molecule has 0 radical (unpaired) electrons. The minimum atomic E-state index is -4.40. The van der Waals surface area contributed by atoms with Crippen LogP contribution < -0.4 is 4.74 Å². The Balaban J connectivity index is 2.09. The molecule has 0 amide bonds. The van der Waals surface area contributed by atoms with Crippen LogP contribution >= 0.6 is 0 Å². The first-order chi connectivity index (χ1) is 9.88. The molecular weight excluding hydrogens is 289 g/mol. The number of rotatable bonds is 4. The largest absolute Gasteiger partial charge is 0.481 e. The predicted octanol–water partition coefficient (Wildman–Crippen LogP) is 3.59. The van der Waals surface area contributed by atoms with Gasteiger partial charge in [-0.25, -0.2) is 0 Å². The van der Waals surface area contributed by atoms with Gasteiger partial charge in [-0.2, -0.15) is 13.2 Å². The average Bonchev–Trinajstić information content (AvgIpc) is 2.45. The van der Waals surface area contributed by atoms with Crippen molar-refractivity contribution in [3.8, 4) is 5.75 Å². The molecule has 1 aromatic carbocycles. The van der Waals surface area contributed by atoms with E-state index in [1.165, 1.54) is 30.5 Å². The van der Waals surface area contributed by atoms with Gasteiger partial charge >= 0.3 is 12.0 Å².